The number of carbonyl (C=O) groups excluding carboxylic acids is 2. The predicted molar refractivity (Wildman–Crippen MR) is 46.4 cm³/mol. The number of sulfone groups is 1. The van der Waals surface area contributed by atoms with Crippen molar-refractivity contribution >= 4 is 21.7 Å². The third-order valence-corrected chi connectivity index (χ3v) is 2.57. The number of nitrogens with zero attached hydrogens (tertiary/aromatic N) is 1. The van der Waals surface area contributed by atoms with Gasteiger partial charge in [0.2, 0.25) is 17.1 Å². The van der Waals surface area contributed by atoms with E-state index in [1.165, 1.54) is 0 Å². The first kappa shape index (κ1) is 12.4. The largest absolute Gasteiger partial charge is 0.368 e. The molecule has 14 heavy (non-hydrogen) atoms. The van der Waals surface area contributed by atoms with Crippen molar-refractivity contribution in [2.45, 2.75) is 5.25 Å². The second-order valence-corrected chi connectivity index (χ2v) is 4.62. The van der Waals surface area contributed by atoms with Crippen molar-refractivity contribution in [2.75, 3.05) is 12.8 Å². The molecule has 0 aliphatic heterocycles. The molecule has 0 aromatic heterocycles. The molecule has 0 radical (unpaired) electrons. The Morgan fingerprint density at radius 3 is 2.36 bits per heavy atom. The van der Waals surface area contributed by atoms with Crippen LogP contribution in [-0.2, 0) is 19.4 Å². The average molecular weight is 219 g/mol. The van der Waals surface area contributed by atoms with Gasteiger partial charge in [0, 0.05) is 6.26 Å². The van der Waals surface area contributed by atoms with Gasteiger partial charge in [0.25, 0.3) is 0 Å². The zero-order valence-corrected chi connectivity index (χ0v) is 8.17. The minimum absolute atomic E-state index is 0.377. The van der Waals surface area contributed by atoms with Crippen LogP contribution in [0.3, 0.4) is 0 Å². The third kappa shape index (κ3) is 3.40. The molecule has 3 N–H and O–H groups in total. The number of hydrogen-bond donors (Lipinski definition) is 2. The normalized spacial score (nSPS) is 12.6. The summed E-state index contributed by atoms with van der Waals surface area (Å²) in [5, 5.41) is 8.11. The number of carbonyl (C=O) groups is 2. The Hall–Kier alpha value is -1.62. The Kier molecular flexibility index (Phi) is 4.04. The van der Waals surface area contributed by atoms with Crippen LogP contribution in [0, 0.1) is 11.3 Å². The van der Waals surface area contributed by atoms with E-state index in [1.807, 2.05) is 5.32 Å². The molecule has 0 saturated heterocycles. The van der Waals surface area contributed by atoms with Gasteiger partial charge in [-0.05, 0) is 0 Å². The van der Waals surface area contributed by atoms with Gasteiger partial charge in [0.1, 0.15) is 6.54 Å². The maximum absolute atomic E-state index is 11.0. The molecule has 1 atom stereocenters. The van der Waals surface area contributed by atoms with Gasteiger partial charge in [0.05, 0.1) is 6.07 Å². The predicted octanol–water partition coefficient (Wildman–Crippen LogP) is -2.48. The van der Waals surface area contributed by atoms with Crippen LogP contribution in [0.2, 0.25) is 0 Å². The van der Waals surface area contributed by atoms with E-state index in [9.17, 15) is 18.0 Å². The van der Waals surface area contributed by atoms with Crippen molar-refractivity contribution in [3.05, 3.63) is 0 Å². The number of nitriles is 1. The standard InChI is InChI=1S/C6H9N3O4S/c1-14(12,13)4(5(8)10)6(11)9-3-2-7/h4H,3H2,1H3,(H2,8,10)(H,9,11). The lowest BCUT2D eigenvalue weighted by Crippen LogP contribution is -2.47. The topological polar surface area (TPSA) is 130 Å². The molecule has 78 valence electrons. The van der Waals surface area contributed by atoms with Gasteiger partial charge in [-0.3, -0.25) is 9.59 Å². The second-order valence-electron chi connectivity index (χ2n) is 2.49. The Bertz CT molecular complexity index is 380. The molecule has 2 amide bonds. The molecule has 0 saturated carbocycles. The van der Waals surface area contributed by atoms with Crippen molar-refractivity contribution < 1.29 is 18.0 Å². The number of primary amides is 1. The summed E-state index contributed by atoms with van der Waals surface area (Å²) in [6, 6.07) is 1.56. The lowest BCUT2D eigenvalue weighted by molar-refractivity contribution is -0.126. The number of nitrogens with one attached hydrogen (secondary N) is 1. The highest BCUT2D eigenvalue weighted by Crippen LogP contribution is 1.98. The first-order chi connectivity index (χ1) is 6.30. The van der Waals surface area contributed by atoms with Gasteiger partial charge in [-0.25, -0.2) is 8.42 Å². The van der Waals surface area contributed by atoms with Gasteiger partial charge in [-0.2, -0.15) is 5.26 Å². The van der Waals surface area contributed by atoms with Crippen LogP contribution in [-0.4, -0.2) is 38.3 Å². The van der Waals surface area contributed by atoms with Crippen LogP contribution in [0.15, 0.2) is 0 Å². The molecule has 1 unspecified atom stereocenters. The highest BCUT2D eigenvalue weighted by atomic mass is 32.2. The number of amides is 2. The fourth-order valence-electron chi connectivity index (χ4n) is 0.754. The smallest absolute Gasteiger partial charge is 0.248 e. The summed E-state index contributed by atoms with van der Waals surface area (Å²) in [4.78, 5) is 21.7. The van der Waals surface area contributed by atoms with Crippen molar-refractivity contribution in [1.29, 1.82) is 5.26 Å². The zero-order chi connectivity index (χ0) is 11.4. The summed E-state index contributed by atoms with van der Waals surface area (Å²) >= 11 is 0. The van der Waals surface area contributed by atoms with Crippen molar-refractivity contribution in [2.24, 2.45) is 5.73 Å². The van der Waals surface area contributed by atoms with Crippen molar-refractivity contribution in [1.82, 2.24) is 5.32 Å². The molecule has 0 bridgehead atoms. The highest BCUT2D eigenvalue weighted by molar-refractivity contribution is 7.92. The van der Waals surface area contributed by atoms with Gasteiger partial charge in [0.15, 0.2) is 9.84 Å². The van der Waals surface area contributed by atoms with Crippen LogP contribution < -0.4 is 11.1 Å². The van der Waals surface area contributed by atoms with Crippen molar-refractivity contribution in [3.63, 3.8) is 0 Å². The highest BCUT2D eigenvalue weighted by Gasteiger charge is 2.34. The third-order valence-electron chi connectivity index (χ3n) is 1.27. The molecule has 0 aromatic carbocycles. The summed E-state index contributed by atoms with van der Waals surface area (Å²) in [5.41, 5.74) is 4.73. The van der Waals surface area contributed by atoms with E-state index in [0.717, 1.165) is 0 Å². The minimum Gasteiger partial charge on any atom is -0.368 e. The Morgan fingerprint density at radius 2 is 2.07 bits per heavy atom. The van der Waals surface area contributed by atoms with Gasteiger partial charge < -0.3 is 11.1 Å². The fourth-order valence-corrected chi connectivity index (χ4v) is 1.65. The van der Waals surface area contributed by atoms with Gasteiger partial charge in [-0.1, -0.05) is 0 Å². The zero-order valence-electron chi connectivity index (χ0n) is 7.35. The van der Waals surface area contributed by atoms with Crippen LogP contribution in [0.25, 0.3) is 0 Å². The van der Waals surface area contributed by atoms with E-state index >= 15 is 0 Å². The van der Waals surface area contributed by atoms with Crippen LogP contribution >= 0.6 is 0 Å². The number of nitrogens with two attached hydrogens (primary N) is 1. The van der Waals surface area contributed by atoms with Gasteiger partial charge in [-0.15, -0.1) is 0 Å². The van der Waals surface area contributed by atoms with E-state index < -0.39 is 26.9 Å². The molecule has 8 heteroatoms. The molecular weight excluding hydrogens is 210 g/mol. The average Bonchev–Trinajstić information content (AvgIpc) is 1.97. The first-order valence-corrected chi connectivity index (χ1v) is 5.39. The van der Waals surface area contributed by atoms with Crippen LogP contribution in [0.1, 0.15) is 0 Å². The molecular formula is C6H9N3O4S. The number of rotatable bonds is 4. The minimum atomic E-state index is -3.89. The maximum Gasteiger partial charge on any atom is 0.248 e. The summed E-state index contributed by atoms with van der Waals surface area (Å²) in [6.45, 7) is -0.377. The molecule has 0 fully saturated rings. The van der Waals surface area contributed by atoms with E-state index in [4.69, 9.17) is 11.0 Å². The molecule has 0 aliphatic rings. The van der Waals surface area contributed by atoms with Crippen molar-refractivity contribution in [3.8, 4) is 6.07 Å². The molecule has 7 nitrogen and oxygen atoms in total. The SMILES string of the molecule is CS(=O)(=O)C(C(N)=O)C(=O)NCC#N. The van der Waals surface area contributed by atoms with E-state index in [0.29, 0.717) is 6.26 Å². The summed E-state index contributed by atoms with van der Waals surface area (Å²) in [5.74, 6) is -2.34. The van der Waals surface area contributed by atoms with Crippen LogP contribution in [0.4, 0.5) is 0 Å². The summed E-state index contributed by atoms with van der Waals surface area (Å²) in [7, 11) is -3.89. The maximum atomic E-state index is 11.0. The molecule has 0 rings (SSSR count). The Balaban J connectivity index is 4.80. The lowest BCUT2D eigenvalue weighted by atomic mass is 10.4. The van der Waals surface area contributed by atoms with E-state index in [2.05, 4.69) is 0 Å². The summed E-state index contributed by atoms with van der Waals surface area (Å²) in [6.07, 6.45) is 0.717. The fraction of sp³-hybridized carbons (Fsp3) is 0.500. The lowest BCUT2D eigenvalue weighted by Gasteiger charge is -2.09. The quantitative estimate of drug-likeness (QED) is 0.399. The van der Waals surface area contributed by atoms with Crippen LogP contribution in [0.5, 0.6) is 0 Å². The monoisotopic (exact) mass is 219 g/mol. The van der Waals surface area contributed by atoms with Gasteiger partial charge >= 0.3 is 0 Å². The number of hydrogen-bond acceptors (Lipinski definition) is 5. The second kappa shape index (κ2) is 4.57. The first-order valence-electron chi connectivity index (χ1n) is 3.43. The molecule has 0 aromatic rings. The Morgan fingerprint density at radius 1 is 1.57 bits per heavy atom. The Labute approximate surface area is 80.8 Å². The van der Waals surface area contributed by atoms with E-state index in [-0.39, 0.29) is 6.54 Å². The molecule has 0 spiro atoms. The molecule has 0 aliphatic carbocycles. The summed E-state index contributed by atoms with van der Waals surface area (Å²) < 4.78 is 21.9. The van der Waals surface area contributed by atoms with E-state index in [1.54, 1.807) is 6.07 Å². The molecule has 0 heterocycles.